The molecular weight excluding hydrogens is 452 g/mol. The Hall–Kier alpha value is -1.72. The number of carboxylic acid groups (broad SMARTS) is 1. The van der Waals surface area contributed by atoms with E-state index in [1.54, 1.807) is 0 Å². The summed E-state index contributed by atoms with van der Waals surface area (Å²) in [5, 5.41) is 33.5. The maximum absolute atomic E-state index is 12.8. The van der Waals surface area contributed by atoms with Crippen LogP contribution in [0.3, 0.4) is 0 Å². The molecule has 0 unspecified atom stereocenters. The van der Waals surface area contributed by atoms with Crippen molar-refractivity contribution in [1.29, 1.82) is 0 Å². The lowest BCUT2D eigenvalue weighted by molar-refractivity contribution is -0.148. The summed E-state index contributed by atoms with van der Waals surface area (Å²) in [6.45, 7) is 18.8. The maximum atomic E-state index is 12.8. The molecule has 0 aromatic heterocycles. The fourth-order valence-corrected chi connectivity index (χ4v) is 8.72. The molecule has 0 aliphatic heterocycles. The van der Waals surface area contributed by atoms with Gasteiger partial charge in [-0.15, -0.1) is 0 Å². The number of aliphatic hydroxyl groups excluding tert-OH is 2. The van der Waals surface area contributed by atoms with Crippen molar-refractivity contribution in [2.45, 2.75) is 99.2 Å². The van der Waals surface area contributed by atoms with E-state index in [1.807, 2.05) is 6.92 Å². The van der Waals surface area contributed by atoms with Crippen LogP contribution in [0.4, 0.5) is 0 Å². The van der Waals surface area contributed by atoms with Gasteiger partial charge in [-0.1, -0.05) is 72.8 Å². The zero-order valence-electron chi connectivity index (χ0n) is 23.2. The summed E-state index contributed by atoms with van der Waals surface area (Å²) in [5.41, 5.74) is 1.28. The summed E-state index contributed by atoms with van der Waals surface area (Å²) in [4.78, 5) is 25.4. The van der Waals surface area contributed by atoms with Gasteiger partial charge in [0, 0.05) is 23.2 Å². The van der Waals surface area contributed by atoms with Gasteiger partial charge in [0.05, 0.1) is 18.1 Å². The lowest BCUT2D eigenvalue weighted by atomic mass is 9.44. The topological polar surface area (TPSA) is 94.8 Å². The quantitative estimate of drug-likeness (QED) is 0.408. The van der Waals surface area contributed by atoms with Crippen LogP contribution >= 0.6 is 0 Å². The van der Waals surface area contributed by atoms with Gasteiger partial charge in [0.2, 0.25) is 0 Å². The molecule has 2 fully saturated rings. The molecule has 4 aliphatic carbocycles. The Balaban J connectivity index is 1.78. The van der Waals surface area contributed by atoms with Crippen LogP contribution in [0.25, 0.3) is 0 Å². The molecule has 8 atom stereocenters. The number of fused-ring (bicyclic) bond motifs is 5. The van der Waals surface area contributed by atoms with Crippen molar-refractivity contribution in [2.24, 2.45) is 45.3 Å². The fourth-order valence-electron chi connectivity index (χ4n) is 8.72. The average molecular weight is 499 g/mol. The molecule has 0 amide bonds. The van der Waals surface area contributed by atoms with E-state index in [0.29, 0.717) is 31.5 Å². The van der Waals surface area contributed by atoms with Crippen LogP contribution in [0, 0.1) is 45.3 Å². The number of hydrogen-bond acceptors (Lipinski definition) is 4. The third kappa shape index (κ3) is 3.48. The van der Waals surface area contributed by atoms with E-state index in [9.17, 15) is 24.9 Å². The minimum Gasteiger partial charge on any atom is -0.481 e. The molecular formula is C31H46O5. The van der Waals surface area contributed by atoms with Crippen molar-refractivity contribution >= 4 is 11.8 Å². The molecule has 3 N–H and O–H groups in total. The van der Waals surface area contributed by atoms with Crippen LogP contribution in [0.1, 0.15) is 87.0 Å². The summed E-state index contributed by atoms with van der Waals surface area (Å²) in [6.07, 6.45) is 5.94. The van der Waals surface area contributed by atoms with Gasteiger partial charge < -0.3 is 15.3 Å². The molecule has 0 aromatic carbocycles. The monoisotopic (exact) mass is 498 g/mol. The van der Waals surface area contributed by atoms with Gasteiger partial charge in [-0.3, -0.25) is 9.59 Å². The Kier molecular flexibility index (Phi) is 6.57. The maximum Gasteiger partial charge on any atom is 0.306 e. The van der Waals surface area contributed by atoms with Gasteiger partial charge in [-0.2, -0.15) is 0 Å². The molecule has 0 spiro atoms. The highest BCUT2D eigenvalue weighted by Gasteiger charge is 2.70. The standard InChI is InChI=1S/C31H46O5/c1-17(2)18(3)9-10-19(27(35)36)24-25(33)26(34)31(8)21-11-12-22-28(4,5)23(32)14-15-29(22,6)20(21)13-16-30(24,31)7/h11,13,17,19,22,24-26,33-34H,3,9-10,12,14-16H2,1-2,4-8H3,(H,35,36)/t19-,22+,24+,25+,26+,29-,30-,31-/m1/s1. The molecule has 4 rings (SSSR count). The highest BCUT2D eigenvalue weighted by molar-refractivity contribution is 5.86. The predicted octanol–water partition coefficient (Wildman–Crippen LogP) is 5.72. The minimum atomic E-state index is -1.13. The van der Waals surface area contributed by atoms with Crippen molar-refractivity contribution in [1.82, 2.24) is 0 Å². The molecule has 5 heteroatoms. The summed E-state index contributed by atoms with van der Waals surface area (Å²) in [5.74, 6) is -1.50. The van der Waals surface area contributed by atoms with Crippen molar-refractivity contribution < 1.29 is 24.9 Å². The molecule has 200 valence electrons. The lowest BCUT2D eigenvalue weighted by Gasteiger charge is -2.59. The van der Waals surface area contributed by atoms with Crippen molar-refractivity contribution in [3.8, 4) is 0 Å². The van der Waals surface area contributed by atoms with Gasteiger partial charge in [0.15, 0.2) is 0 Å². The van der Waals surface area contributed by atoms with Gasteiger partial charge >= 0.3 is 5.97 Å². The Morgan fingerprint density at radius 3 is 2.33 bits per heavy atom. The molecule has 0 bridgehead atoms. The normalized spacial score (nSPS) is 42.1. The highest BCUT2D eigenvalue weighted by Crippen LogP contribution is 2.71. The Bertz CT molecular complexity index is 1030. The van der Waals surface area contributed by atoms with Crippen molar-refractivity contribution in [2.75, 3.05) is 0 Å². The Labute approximate surface area is 216 Å². The third-order valence-electron chi connectivity index (χ3n) is 11.5. The van der Waals surface area contributed by atoms with Crippen LogP contribution in [0.2, 0.25) is 0 Å². The average Bonchev–Trinajstić information content (AvgIpc) is 2.94. The number of carbonyl (C=O) groups is 2. The Morgan fingerprint density at radius 2 is 1.75 bits per heavy atom. The van der Waals surface area contributed by atoms with Crippen LogP contribution in [-0.2, 0) is 9.59 Å². The van der Waals surface area contributed by atoms with Crippen LogP contribution in [0.15, 0.2) is 35.5 Å². The first kappa shape index (κ1) is 27.3. The van der Waals surface area contributed by atoms with Crippen molar-refractivity contribution in [3.05, 3.63) is 35.5 Å². The smallest absolute Gasteiger partial charge is 0.306 e. The second kappa shape index (κ2) is 8.66. The zero-order chi connectivity index (χ0) is 27.0. The molecule has 36 heavy (non-hydrogen) atoms. The largest absolute Gasteiger partial charge is 0.481 e. The first-order valence-corrected chi connectivity index (χ1v) is 13.8. The third-order valence-corrected chi connectivity index (χ3v) is 11.5. The van der Waals surface area contributed by atoms with Crippen LogP contribution < -0.4 is 0 Å². The summed E-state index contributed by atoms with van der Waals surface area (Å²) < 4.78 is 0. The number of Topliss-reactive ketones (excluding diaryl/α,β-unsaturated/α-hetero) is 1. The number of aliphatic hydroxyl groups is 2. The molecule has 5 nitrogen and oxygen atoms in total. The van der Waals surface area contributed by atoms with E-state index in [-0.39, 0.29) is 17.3 Å². The first-order chi connectivity index (χ1) is 16.5. The predicted molar refractivity (Wildman–Crippen MR) is 141 cm³/mol. The number of allylic oxidation sites excluding steroid dienone is 4. The molecule has 0 saturated heterocycles. The highest BCUT2D eigenvalue weighted by atomic mass is 16.4. The Morgan fingerprint density at radius 1 is 1.11 bits per heavy atom. The first-order valence-electron chi connectivity index (χ1n) is 13.8. The number of ketones is 1. The number of aliphatic carboxylic acids is 1. The minimum absolute atomic E-state index is 0.183. The van der Waals surface area contributed by atoms with E-state index in [4.69, 9.17) is 0 Å². The zero-order valence-corrected chi connectivity index (χ0v) is 23.2. The molecule has 0 radical (unpaired) electrons. The van der Waals surface area contributed by atoms with E-state index >= 15 is 0 Å². The summed E-state index contributed by atoms with van der Waals surface area (Å²) in [6, 6.07) is 0. The van der Waals surface area contributed by atoms with E-state index < -0.39 is 46.3 Å². The lowest BCUT2D eigenvalue weighted by Crippen LogP contribution is -2.55. The number of rotatable bonds is 6. The van der Waals surface area contributed by atoms with Gasteiger partial charge in [0.25, 0.3) is 0 Å². The fraction of sp³-hybridized carbons (Fsp3) is 0.742. The van der Waals surface area contributed by atoms with E-state index in [1.165, 1.54) is 5.57 Å². The van der Waals surface area contributed by atoms with Crippen molar-refractivity contribution in [3.63, 3.8) is 0 Å². The second-order valence-electron chi connectivity index (χ2n) is 13.7. The summed E-state index contributed by atoms with van der Waals surface area (Å²) in [7, 11) is 0. The molecule has 0 aromatic rings. The SMILES string of the molecule is C=C(CC[C@@H](C(=O)O)[C@H]1[C@H](O)[C@H](O)[C@@]2(C)C3=CC[C@H]4C(C)(C)C(=O)CC[C@]4(C)C3=CC[C@]12C)C(C)C. The van der Waals surface area contributed by atoms with Gasteiger partial charge in [0.1, 0.15) is 5.78 Å². The number of carbonyl (C=O) groups excluding carboxylic acids is 1. The van der Waals surface area contributed by atoms with Gasteiger partial charge in [-0.05, 0) is 65.9 Å². The van der Waals surface area contributed by atoms with Gasteiger partial charge in [-0.25, -0.2) is 0 Å². The number of hydrogen-bond donors (Lipinski definition) is 3. The molecule has 4 aliphatic rings. The molecule has 2 saturated carbocycles. The van der Waals surface area contributed by atoms with Crippen LogP contribution in [-0.4, -0.2) is 39.3 Å². The second-order valence-corrected chi connectivity index (χ2v) is 13.7. The van der Waals surface area contributed by atoms with Crippen LogP contribution in [0.5, 0.6) is 0 Å². The summed E-state index contributed by atoms with van der Waals surface area (Å²) >= 11 is 0. The molecule has 0 heterocycles. The van der Waals surface area contributed by atoms with E-state index in [2.05, 4.69) is 60.3 Å². The number of carboxylic acids is 1. The van der Waals surface area contributed by atoms with E-state index in [0.717, 1.165) is 24.0 Å².